The van der Waals surface area contributed by atoms with Crippen LogP contribution in [-0.4, -0.2) is 11.7 Å². The van der Waals surface area contributed by atoms with Gasteiger partial charge in [-0.3, -0.25) is 0 Å². The normalized spacial score (nSPS) is 21.0. The standard InChI is InChI=1S/C13H26O/c1-2-3-4-6-9-13(12-14)10-7-5-8-11-13/h14H,2-12H2,1H3. The average molecular weight is 198 g/mol. The molecule has 0 spiro atoms. The number of aliphatic hydroxyl groups is 1. The van der Waals surface area contributed by atoms with E-state index in [-0.39, 0.29) is 0 Å². The van der Waals surface area contributed by atoms with Crippen molar-refractivity contribution in [3.05, 3.63) is 0 Å². The van der Waals surface area contributed by atoms with Crippen molar-refractivity contribution in [1.82, 2.24) is 0 Å². The highest BCUT2D eigenvalue weighted by Gasteiger charge is 2.30. The van der Waals surface area contributed by atoms with Crippen LogP contribution in [0, 0.1) is 5.41 Å². The first-order valence-corrected chi connectivity index (χ1v) is 6.44. The summed E-state index contributed by atoms with van der Waals surface area (Å²) in [6.45, 7) is 2.68. The van der Waals surface area contributed by atoms with Gasteiger partial charge in [-0.1, -0.05) is 51.9 Å². The predicted octanol–water partition coefficient (Wildman–Crippen LogP) is 3.90. The van der Waals surface area contributed by atoms with Gasteiger partial charge in [0.15, 0.2) is 0 Å². The Morgan fingerprint density at radius 2 is 1.71 bits per heavy atom. The first-order valence-electron chi connectivity index (χ1n) is 6.44. The van der Waals surface area contributed by atoms with Gasteiger partial charge in [-0.05, 0) is 24.7 Å². The van der Waals surface area contributed by atoms with Gasteiger partial charge in [0, 0.05) is 6.61 Å². The summed E-state index contributed by atoms with van der Waals surface area (Å²) >= 11 is 0. The molecule has 84 valence electrons. The van der Waals surface area contributed by atoms with Crippen molar-refractivity contribution >= 4 is 0 Å². The van der Waals surface area contributed by atoms with Crippen LogP contribution in [0.1, 0.15) is 71.1 Å². The SMILES string of the molecule is CCCCCCC1(CO)CCCCC1. The van der Waals surface area contributed by atoms with Gasteiger partial charge in [0.2, 0.25) is 0 Å². The fourth-order valence-corrected chi connectivity index (χ4v) is 2.72. The fourth-order valence-electron chi connectivity index (χ4n) is 2.72. The molecule has 0 aliphatic heterocycles. The Labute approximate surface area is 88.9 Å². The van der Waals surface area contributed by atoms with Gasteiger partial charge < -0.3 is 5.11 Å². The molecule has 0 aromatic heterocycles. The molecule has 0 bridgehead atoms. The van der Waals surface area contributed by atoms with Crippen molar-refractivity contribution in [3.8, 4) is 0 Å². The Hall–Kier alpha value is -0.0400. The lowest BCUT2D eigenvalue weighted by molar-refractivity contribution is 0.0707. The van der Waals surface area contributed by atoms with E-state index in [9.17, 15) is 5.11 Å². The summed E-state index contributed by atoms with van der Waals surface area (Å²) in [6, 6.07) is 0. The molecular formula is C13H26O. The van der Waals surface area contributed by atoms with Crippen LogP contribution in [0.3, 0.4) is 0 Å². The third-order valence-corrected chi connectivity index (χ3v) is 3.81. The van der Waals surface area contributed by atoms with Crippen LogP contribution in [0.4, 0.5) is 0 Å². The van der Waals surface area contributed by atoms with Crippen molar-refractivity contribution in [3.63, 3.8) is 0 Å². The summed E-state index contributed by atoms with van der Waals surface area (Å²) in [5.41, 5.74) is 0.325. The van der Waals surface area contributed by atoms with E-state index in [2.05, 4.69) is 6.92 Å². The number of aliphatic hydroxyl groups excluding tert-OH is 1. The number of unbranched alkanes of at least 4 members (excludes halogenated alkanes) is 3. The molecule has 1 rings (SSSR count). The highest BCUT2D eigenvalue weighted by molar-refractivity contribution is 4.81. The Bertz CT molecular complexity index is 136. The third-order valence-electron chi connectivity index (χ3n) is 3.81. The molecule has 0 saturated heterocycles. The maximum Gasteiger partial charge on any atom is 0.0487 e. The van der Waals surface area contributed by atoms with Gasteiger partial charge in [0.05, 0.1) is 0 Å². The van der Waals surface area contributed by atoms with E-state index in [1.165, 1.54) is 64.2 Å². The van der Waals surface area contributed by atoms with Crippen LogP contribution in [0.2, 0.25) is 0 Å². The number of hydrogen-bond donors (Lipinski definition) is 1. The lowest BCUT2D eigenvalue weighted by Gasteiger charge is -2.35. The first kappa shape index (κ1) is 12.0. The van der Waals surface area contributed by atoms with Crippen LogP contribution in [0.15, 0.2) is 0 Å². The second kappa shape index (κ2) is 6.44. The molecule has 1 aliphatic carbocycles. The van der Waals surface area contributed by atoms with E-state index in [4.69, 9.17) is 0 Å². The molecule has 1 N–H and O–H groups in total. The number of rotatable bonds is 6. The van der Waals surface area contributed by atoms with Crippen LogP contribution in [0.5, 0.6) is 0 Å². The van der Waals surface area contributed by atoms with E-state index in [0.717, 1.165) is 0 Å². The van der Waals surface area contributed by atoms with Gasteiger partial charge in [-0.25, -0.2) is 0 Å². The van der Waals surface area contributed by atoms with Crippen molar-refractivity contribution < 1.29 is 5.11 Å². The topological polar surface area (TPSA) is 20.2 Å². The Balaban J connectivity index is 2.22. The minimum Gasteiger partial charge on any atom is -0.396 e. The van der Waals surface area contributed by atoms with Crippen molar-refractivity contribution in [2.75, 3.05) is 6.61 Å². The predicted molar refractivity (Wildman–Crippen MR) is 61.4 cm³/mol. The first-order chi connectivity index (χ1) is 6.83. The molecule has 0 unspecified atom stereocenters. The van der Waals surface area contributed by atoms with E-state index < -0.39 is 0 Å². The maximum absolute atomic E-state index is 9.50. The zero-order chi connectivity index (χ0) is 10.3. The van der Waals surface area contributed by atoms with E-state index in [0.29, 0.717) is 12.0 Å². The van der Waals surface area contributed by atoms with Crippen LogP contribution >= 0.6 is 0 Å². The van der Waals surface area contributed by atoms with E-state index in [1.54, 1.807) is 0 Å². The quantitative estimate of drug-likeness (QED) is 0.642. The third kappa shape index (κ3) is 3.61. The van der Waals surface area contributed by atoms with E-state index >= 15 is 0 Å². The fraction of sp³-hybridized carbons (Fsp3) is 1.00. The summed E-state index contributed by atoms with van der Waals surface area (Å²) in [4.78, 5) is 0. The molecule has 0 radical (unpaired) electrons. The Morgan fingerprint density at radius 3 is 2.29 bits per heavy atom. The minimum atomic E-state index is 0.325. The smallest absolute Gasteiger partial charge is 0.0487 e. The summed E-state index contributed by atoms with van der Waals surface area (Å²) in [5, 5.41) is 9.50. The van der Waals surface area contributed by atoms with Crippen molar-refractivity contribution in [1.29, 1.82) is 0 Å². The molecule has 0 aromatic rings. The zero-order valence-electron chi connectivity index (χ0n) is 9.73. The van der Waals surface area contributed by atoms with Gasteiger partial charge >= 0.3 is 0 Å². The zero-order valence-corrected chi connectivity index (χ0v) is 9.73. The van der Waals surface area contributed by atoms with Crippen molar-refractivity contribution in [2.24, 2.45) is 5.41 Å². The van der Waals surface area contributed by atoms with E-state index in [1.807, 2.05) is 0 Å². The summed E-state index contributed by atoms with van der Waals surface area (Å²) in [5.74, 6) is 0. The summed E-state index contributed by atoms with van der Waals surface area (Å²) < 4.78 is 0. The average Bonchev–Trinajstić information content (AvgIpc) is 2.26. The van der Waals surface area contributed by atoms with Crippen LogP contribution in [0.25, 0.3) is 0 Å². The molecular weight excluding hydrogens is 172 g/mol. The monoisotopic (exact) mass is 198 g/mol. The minimum absolute atomic E-state index is 0.325. The van der Waals surface area contributed by atoms with Crippen LogP contribution < -0.4 is 0 Å². The Morgan fingerprint density at radius 1 is 1.00 bits per heavy atom. The molecule has 0 atom stereocenters. The van der Waals surface area contributed by atoms with Gasteiger partial charge in [-0.2, -0.15) is 0 Å². The molecule has 1 fully saturated rings. The maximum atomic E-state index is 9.50. The van der Waals surface area contributed by atoms with Crippen LogP contribution in [-0.2, 0) is 0 Å². The molecule has 1 nitrogen and oxygen atoms in total. The Kier molecular flexibility index (Phi) is 5.54. The number of hydrogen-bond acceptors (Lipinski definition) is 1. The van der Waals surface area contributed by atoms with Gasteiger partial charge in [0.1, 0.15) is 0 Å². The molecule has 0 heterocycles. The highest BCUT2D eigenvalue weighted by Crippen LogP contribution is 2.40. The second-order valence-electron chi connectivity index (χ2n) is 5.03. The summed E-state index contributed by atoms with van der Waals surface area (Å²) in [7, 11) is 0. The molecule has 0 amide bonds. The molecule has 1 heteroatoms. The molecule has 1 saturated carbocycles. The van der Waals surface area contributed by atoms with Gasteiger partial charge in [-0.15, -0.1) is 0 Å². The lowest BCUT2D eigenvalue weighted by atomic mass is 9.71. The second-order valence-corrected chi connectivity index (χ2v) is 5.03. The molecule has 14 heavy (non-hydrogen) atoms. The summed E-state index contributed by atoms with van der Waals surface area (Å²) in [6.07, 6.45) is 13.2. The highest BCUT2D eigenvalue weighted by atomic mass is 16.3. The van der Waals surface area contributed by atoms with Crippen molar-refractivity contribution in [2.45, 2.75) is 71.1 Å². The molecule has 0 aromatic carbocycles. The van der Waals surface area contributed by atoms with Gasteiger partial charge in [0.25, 0.3) is 0 Å². The largest absolute Gasteiger partial charge is 0.396 e. The molecule has 1 aliphatic rings. The lowest BCUT2D eigenvalue weighted by Crippen LogP contribution is -2.28.